The Morgan fingerprint density at radius 2 is 1.30 bits per heavy atom. The van der Waals surface area contributed by atoms with E-state index < -0.39 is 37.3 Å². The van der Waals surface area contributed by atoms with Crippen molar-refractivity contribution < 1.29 is 18.0 Å². The van der Waals surface area contributed by atoms with Gasteiger partial charge in [-0.2, -0.15) is 5.10 Å². The van der Waals surface area contributed by atoms with E-state index in [9.17, 15) is 0 Å². The minimum Gasteiger partial charge on any atom is -0.414 e. The zero-order chi connectivity index (χ0) is 42.0. The third-order valence-electron chi connectivity index (χ3n) is 13.0. The largest absolute Gasteiger partial charge is 0.414 e. The summed E-state index contributed by atoms with van der Waals surface area (Å²) < 4.78 is 32.7. The van der Waals surface area contributed by atoms with Crippen LogP contribution in [0.5, 0.6) is 0 Å². The van der Waals surface area contributed by atoms with E-state index in [0.717, 1.165) is 11.1 Å². The summed E-state index contributed by atoms with van der Waals surface area (Å²) in [6, 6.07) is 8.71. The molecule has 0 bridgehead atoms. The highest BCUT2D eigenvalue weighted by molar-refractivity contribution is 6.75. The van der Waals surface area contributed by atoms with E-state index in [2.05, 4.69) is 152 Å². The van der Waals surface area contributed by atoms with Crippen LogP contribution in [0.3, 0.4) is 0 Å². The molecule has 4 atom stereocenters. The minimum absolute atomic E-state index is 0.0317. The number of aromatic nitrogens is 6. The van der Waals surface area contributed by atoms with Gasteiger partial charge in [0.15, 0.2) is 48.5 Å². The Hall–Kier alpha value is -2.73. The lowest BCUT2D eigenvalue weighted by atomic mass is 9.87. The summed E-state index contributed by atoms with van der Waals surface area (Å²) in [7, 11) is -6.83. The van der Waals surface area contributed by atoms with Gasteiger partial charge in [0.2, 0.25) is 0 Å². The molecule has 1 aliphatic rings. The summed E-state index contributed by atoms with van der Waals surface area (Å²) in [6.45, 7) is 41.8. The summed E-state index contributed by atoms with van der Waals surface area (Å²) in [5.74, 6) is 0.763. The molecule has 0 amide bonds. The number of rotatable bonds is 11. The Labute approximate surface area is 339 Å². The van der Waals surface area contributed by atoms with E-state index in [1.807, 2.05) is 15.4 Å². The number of nitrogens with two attached hydrogens (primary N) is 1. The standard InChI is InChI=1S/C42H71N7O4Si3/c1-39(2,3)30-21-19-28(20-22-30)24-48-25-29(23-45-48)36-46-35(43)32-37(47-36)49(27-44-32)38-34(53-56(17,18)42(10,11)12)33(52-55(15,16)41(7,8)9)31(51-38)26-50-54(13,14)40(4,5)6/h19-23,25,27,31,33-34,38H,24,26H2,1-18H3,(H2,43,46,47). The fraction of sp³-hybridized carbons (Fsp3) is 0.667. The fourth-order valence-electron chi connectivity index (χ4n) is 5.99. The van der Waals surface area contributed by atoms with Gasteiger partial charge in [0.1, 0.15) is 23.8 Å². The van der Waals surface area contributed by atoms with Crippen LogP contribution in [0.25, 0.3) is 22.6 Å². The number of imidazole rings is 1. The van der Waals surface area contributed by atoms with Gasteiger partial charge in [-0.1, -0.05) is 107 Å². The van der Waals surface area contributed by atoms with Crippen molar-refractivity contribution in [1.82, 2.24) is 29.3 Å². The first-order valence-corrected chi connectivity index (χ1v) is 28.9. The van der Waals surface area contributed by atoms with E-state index in [-0.39, 0.29) is 32.7 Å². The minimum atomic E-state index is -2.37. The summed E-state index contributed by atoms with van der Waals surface area (Å²) >= 11 is 0. The van der Waals surface area contributed by atoms with Crippen LogP contribution in [0.2, 0.25) is 54.4 Å². The molecule has 310 valence electrons. The van der Waals surface area contributed by atoms with Gasteiger partial charge in [0, 0.05) is 6.20 Å². The van der Waals surface area contributed by atoms with Crippen LogP contribution in [0, 0.1) is 0 Å². The van der Waals surface area contributed by atoms with E-state index in [1.165, 1.54) is 5.56 Å². The SMILES string of the molecule is CC(C)(C)c1ccc(Cn2cc(-c3nc(N)c4ncn(C5OC(CO[Si](C)(C)C(C)(C)C)C(O[Si](C)(C)C(C)(C)C)C5O[Si](C)(C)C(C)(C)C)c4n3)cn2)cc1. The highest BCUT2D eigenvalue weighted by atomic mass is 28.4. The maximum absolute atomic E-state index is 7.41. The first kappa shape index (κ1) is 44.4. The predicted octanol–water partition coefficient (Wildman–Crippen LogP) is 10.3. The molecule has 1 aliphatic heterocycles. The molecule has 3 aromatic heterocycles. The molecule has 0 spiro atoms. The molecule has 1 aromatic carbocycles. The van der Waals surface area contributed by atoms with Crippen LogP contribution in [0.1, 0.15) is 100 Å². The van der Waals surface area contributed by atoms with Crippen LogP contribution in [0.15, 0.2) is 43.0 Å². The Morgan fingerprint density at radius 3 is 1.84 bits per heavy atom. The normalized spacial score (nSPS) is 20.7. The number of ether oxygens (including phenoxy) is 1. The summed E-state index contributed by atoms with van der Waals surface area (Å²) in [6.07, 6.45) is 3.69. The maximum Gasteiger partial charge on any atom is 0.192 e. The van der Waals surface area contributed by atoms with E-state index >= 15 is 0 Å². The number of fused-ring (bicyclic) bond motifs is 1. The lowest BCUT2D eigenvalue weighted by Crippen LogP contribution is -2.54. The van der Waals surface area contributed by atoms with Crippen molar-refractivity contribution in [1.29, 1.82) is 0 Å². The van der Waals surface area contributed by atoms with Crippen LogP contribution >= 0.6 is 0 Å². The molecular weight excluding hydrogens is 751 g/mol. The van der Waals surface area contributed by atoms with Gasteiger partial charge < -0.3 is 23.7 Å². The summed E-state index contributed by atoms with van der Waals surface area (Å²) in [5.41, 5.74) is 11.0. The third kappa shape index (κ3) is 9.26. The highest BCUT2D eigenvalue weighted by Gasteiger charge is 2.55. The van der Waals surface area contributed by atoms with Gasteiger partial charge in [-0.15, -0.1) is 0 Å². The Bertz CT molecular complexity index is 1980. The second-order valence-electron chi connectivity index (χ2n) is 21.5. The smallest absolute Gasteiger partial charge is 0.192 e. The molecule has 14 heteroatoms. The van der Waals surface area contributed by atoms with Crippen molar-refractivity contribution in [2.24, 2.45) is 0 Å². The molecule has 4 aromatic rings. The molecular formula is C42H71N7O4Si3. The maximum atomic E-state index is 7.41. The zero-order valence-corrected chi connectivity index (χ0v) is 40.7. The van der Waals surface area contributed by atoms with Crippen molar-refractivity contribution >= 4 is 41.9 Å². The molecule has 4 unspecified atom stereocenters. The molecule has 1 saturated heterocycles. The number of nitrogen functional groups attached to an aromatic ring is 1. The molecule has 11 nitrogen and oxygen atoms in total. The van der Waals surface area contributed by atoms with Gasteiger partial charge in [0.05, 0.1) is 31.2 Å². The van der Waals surface area contributed by atoms with Crippen LogP contribution < -0.4 is 5.73 Å². The second kappa shape index (κ2) is 15.1. The average molecular weight is 822 g/mol. The first-order valence-electron chi connectivity index (χ1n) is 20.2. The zero-order valence-electron chi connectivity index (χ0n) is 37.7. The fourth-order valence-corrected chi connectivity index (χ4v) is 9.61. The highest BCUT2D eigenvalue weighted by Crippen LogP contribution is 2.47. The van der Waals surface area contributed by atoms with Crippen molar-refractivity contribution in [3.05, 3.63) is 54.1 Å². The Morgan fingerprint density at radius 1 is 0.750 bits per heavy atom. The van der Waals surface area contributed by atoms with Crippen LogP contribution in [-0.2, 0) is 30.0 Å². The van der Waals surface area contributed by atoms with E-state index in [4.69, 9.17) is 38.7 Å². The molecule has 1 fully saturated rings. The molecule has 5 rings (SSSR count). The number of benzene rings is 1. The number of anilines is 1. The topological polar surface area (TPSA) is 124 Å². The Balaban J connectivity index is 1.57. The quantitative estimate of drug-likeness (QED) is 0.147. The van der Waals surface area contributed by atoms with Gasteiger partial charge in [-0.25, -0.2) is 15.0 Å². The van der Waals surface area contributed by atoms with Crippen LogP contribution in [0.4, 0.5) is 5.82 Å². The third-order valence-corrected chi connectivity index (χ3v) is 26.4. The molecule has 2 N–H and O–H groups in total. The van der Waals surface area contributed by atoms with Crippen molar-refractivity contribution in [3.8, 4) is 11.4 Å². The molecule has 0 aliphatic carbocycles. The average Bonchev–Trinajstić information content (AvgIpc) is 3.76. The molecule has 0 radical (unpaired) electrons. The molecule has 0 saturated carbocycles. The molecule has 4 heterocycles. The second-order valence-corrected chi connectivity index (χ2v) is 35.8. The van der Waals surface area contributed by atoms with E-state index in [1.54, 1.807) is 12.5 Å². The lowest BCUT2D eigenvalue weighted by molar-refractivity contribution is -0.0470. The number of hydrogen-bond donors (Lipinski definition) is 1. The van der Waals surface area contributed by atoms with Crippen LogP contribution in [-0.4, -0.2) is 79.2 Å². The van der Waals surface area contributed by atoms with Crippen molar-refractivity contribution in [3.63, 3.8) is 0 Å². The first-order chi connectivity index (χ1) is 25.4. The van der Waals surface area contributed by atoms with Gasteiger partial charge in [-0.05, 0) is 70.9 Å². The predicted molar refractivity (Wildman–Crippen MR) is 236 cm³/mol. The van der Waals surface area contributed by atoms with Crippen molar-refractivity contribution in [2.45, 2.75) is 174 Å². The number of nitrogens with zero attached hydrogens (tertiary/aromatic N) is 6. The van der Waals surface area contributed by atoms with Gasteiger partial charge in [-0.3, -0.25) is 9.25 Å². The Kier molecular flexibility index (Phi) is 12.0. The van der Waals surface area contributed by atoms with Gasteiger partial charge in [0.25, 0.3) is 0 Å². The molecule has 56 heavy (non-hydrogen) atoms. The number of hydrogen-bond acceptors (Lipinski definition) is 9. The summed E-state index contributed by atoms with van der Waals surface area (Å²) in [4.78, 5) is 14.6. The summed E-state index contributed by atoms with van der Waals surface area (Å²) in [5, 5.41) is 4.62. The van der Waals surface area contributed by atoms with E-state index in [0.29, 0.717) is 36.0 Å². The van der Waals surface area contributed by atoms with Gasteiger partial charge >= 0.3 is 0 Å². The monoisotopic (exact) mass is 821 g/mol. The van der Waals surface area contributed by atoms with Crippen molar-refractivity contribution in [2.75, 3.05) is 12.3 Å². The lowest BCUT2D eigenvalue weighted by Gasteiger charge is -2.44.